The highest BCUT2D eigenvalue weighted by Crippen LogP contribution is 2.38. The summed E-state index contributed by atoms with van der Waals surface area (Å²) in [5.41, 5.74) is 2.99. The van der Waals surface area contributed by atoms with Gasteiger partial charge in [-0.15, -0.1) is 0 Å². The largest absolute Gasteiger partial charge is 0.390 e. The molecule has 1 fully saturated rings. The van der Waals surface area contributed by atoms with Gasteiger partial charge in [-0.3, -0.25) is 0 Å². The minimum Gasteiger partial charge on any atom is -0.390 e. The predicted molar refractivity (Wildman–Crippen MR) is 77.3 cm³/mol. The summed E-state index contributed by atoms with van der Waals surface area (Å²) in [4.78, 5) is 4.78. The predicted octanol–water partition coefficient (Wildman–Crippen LogP) is 2.94. The zero-order chi connectivity index (χ0) is 13.8. The van der Waals surface area contributed by atoms with E-state index in [9.17, 15) is 5.11 Å². The quantitative estimate of drug-likeness (QED) is 0.899. The van der Waals surface area contributed by atoms with Crippen molar-refractivity contribution in [3.8, 4) is 0 Å². The molecule has 0 amide bonds. The van der Waals surface area contributed by atoms with Crippen molar-refractivity contribution in [2.75, 3.05) is 0 Å². The second-order valence-electron chi connectivity index (χ2n) is 6.97. The number of aliphatic hydroxyl groups is 1. The van der Waals surface area contributed by atoms with Gasteiger partial charge in [0.2, 0.25) is 0 Å². The van der Waals surface area contributed by atoms with Crippen LogP contribution < -0.4 is 0 Å². The third-order valence-corrected chi connectivity index (χ3v) is 3.98. The number of nitrogens with zero attached hydrogens (tertiary/aromatic N) is 2. The average molecular weight is 258 g/mol. The van der Waals surface area contributed by atoms with Crippen molar-refractivity contribution >= 4 is 11.0 Å². The Morgan fingerprint density at radius 1 is 1.32 bits per heavy atom. The van der Waals surface area contributed by atoms with Crippen LogP contribution in [-0.4, -0.2) is 20.3 Å². The Labute approximate surface area is 114 Å². The second-order valence-corrected chi connectivity index (χ2v) is 6.97. The first-order chi connectivity index (χ1) is 8.78. The average Bonchev–Trinajstić information content (AvgIpc) is 2.91. The lowest BCUT2D eigenvalue weighted by atomic mass is 9.96. The van der Waals surface area contributed by atoms with Crippen LogP contribution in [0.1, 0.15) is 45.0 Å². The van der Waals surface area contributed by atoms with Crippen LogP contribution in [-0.2, 0) is 18.9 Å². The number of fused-ring (bicyclic) bond motifs is 1. The maximum atomic E-state index is 10.0. The summed E-state index contributed by atoms with van der Waals surface area (Å²) < 4.78 is 2.17. The van der Waals surface area contributed by atoms with Crippen LogP contribution in [0.15, 0.2) is 18.2 Å². The highest BCUT2D eigenvalue weighted by atomic mass is 16.3. The van der Waals surface area contributed by atoms with E-state index in [0.717, 1.165) is 36.1 Å². The molecule has 3 rings (SSSR count). The van der Waals surface area contributed by atoms with Crippen molar-refractivity contribution in [1.29, 1.82) is 0 Å². The lowest BCUT2D eigenvalue weighted by molar-refractivity contribution is 0.151. The number of benzene rings is 1. The van der Waals surface area contributed by atoms with E-state index in [2.05, 4.69) is 50.6 Å². The van der Waals surface area contributed by atoms with E-state index in [0.29, 0.717) is 0 Å². The fourth-order valence-corrected chi connectivity index (χ4v) is 2.73. The van der Waals surface area contributed by atoms with Crippen molar-refractivity contribution in [3.63, 3.8) is 0 Å². The molecular weight excluding hydrogens is 236 g/mol. The third kappa shape index (κ3) is 2.27. The molecule has 0 unspecified atom stereocenters. The molecule has 3 heteroatoms. The zero-order valence-corrected chi connectivity index (χ0v) is 12.2. The first-order valence-electron chi connectivity index (χ1n) is 6.97. The summed E-state index contributed by atoms with van der Waals surface area (Å²) in [6.07, 6.45) is 2.62. The van der Waals surface area contributed by atoms with Gasteiger partial charge in [0.05, 0.1) is 16.6 Å². The van der Waals surface area contributed by atoms with Crippen molar-refractivity contribution in [2.24, 2.45) is 7.05 Å². The summed E-state index contributed by atoms with van der Waals surface area (Å²) in [6, 6.07) is 6.37. The molecular formula is C16H22N2O. The Hall–Kier alpha value is -1.35. The summed E-state index contributed by atoms with van der Waals surface area (Å²) in [5, 5.41) is 10.0. The van der Waals surface area contributed by atoms with E-state index < -0.39 is 5.60 Å². The molecule has 19 heavy (non-hydrogen) atoms. The van der Waals surface area contributed by atoms with Crippen molar-refractivity contribution in [2.45, 2.75) is 51.0 Å². The molecule has 0 spiro atoms. The van der Waals surface area contributed by atoms with Crippen LogP contribution in [0.2, 0.25) is 0 Å². The van der Waals surface area contributed by atoms with Crippen LogP contribution in [0.3, 0.4) is 0 Å². The Morgan fingerprint density at radius 3 is 2.58 bits per heavy atom. The maximum absolute atomic E-state index is 10.0. The molecule has 1 aromatic heterocycles. The molecule has 1 heterocycles. The van der Waals surface area contributed by atoms with Gasteiger partial charge in [-0.2, -0.15) is 0 Å². The fraction of sp³-hybridized carbons (Fsp3) is 0.562. The molecule has 0 saturated heterocycles. The van der Waals surface area contributed by atoms with E-state index in [-0.39, 0.29) is 5.41 Å². The van der Waals surface area contributed by atoms with Gasteiger partial charge in [0.15, 0.2) is 0 Å². The minimum absolute atomic E-state index is 0.0443. The summed E-state index contributed by atoms with van der Waals surface area (Å²) in [7, 11) is 2.07. The lowest BCUT2D eigenvalue weighted by Crippen LogP contribution is -2.17. The van der Waals surface area contributed by atoms with Crippen LogP contribution in [0.25, 0.3) is 11.0 Å². The molecule has 1 aromatic carbocycles. The number of aromatic nitrogens is 2. The van der Waals surface area contributed by atoms with Gasteiger partial charge < -0.3 is 9.67 Å². The van der Waals surface area contributed by atoms with E-state index in [4.69, 9.17) is 4.98 Å². The zero-order valence-electron chi connectivity index (χ0n) is 12.2. The SMILES string of the molecule is Cn1c(C(C)(C)C)nc2cc(CC3(O)CC3)ccc21. The van der Waals surface area contributed by atoms with Gasteiger partial charge in [-0.25, -0.2) is 4.98 Å². The van der Waals surface area contributed by atoms with E-state index in [1.54, 1.807) is 0 Å². The summed E-state index contributed by atoms with van der Waals surface area (Å²) >= 11 is 0. The number of imidazole rings is 1. The van der Waals surface area contributed by atoms with Gasteiger partial charge in [0, 0.05) is 18.9 Å². The Kier molecular flexibility index (Phi) is 2.55. The van der Waals surface area contributed by atoms with Gasteiger partial charge in [-0.1, -0.05) is 26.8 Å². The molecule has 1 N–H and O–H groups in total. The van der Waals surface area contributed by atoms with Crippen molar-refractivity contribution in [1.82, 2.24) is 9.55 Å². The van der Waals surface area contributed by atoms with E-state index >= 15 is 0 Å². The second kappa shape index (κ2) is 3.83. The maximum Gasteiger partial charge on any atom is 0.115 e. The Bertz CT molecular complexity index is 630. The van der Waals surface area contributed by atoms with Crippen LogP contribution in [0.5, 0.6) is 0 Å². The summed E-state index contributed by atoms with van der Waals surface area (Å²) in [6.45, 7) is 6.55. The molecule has 0 atom stereocenters. The monoisotopic (exact) mass is 258 g/mol. The summed E-state index contributed by atoms with van der Waals surface area (Å²) in [5.74, 6) is 1.10. The smallest absolute Gasteiger partial charge is 0.115 e. The van der Waals surface area contributed by atoms with Crippen molar-refractivity contribution < 1.29 is 5.11 Å². The van der Waals surface area contributed by atoms with Gasteiger partial charge >= 0.3 is 0 Å². The molecule has 1 saturated carbocycles. The van der Waals surface area contributed by atoms with Gasteiger partial charge in [-0.05, 0) is 30.5 Å². The molecule has 0 bridgehead atoms. The molecule has 2 aromatic rings. The molecule has 102 valence electrons. The third-order valence-electron chi connectivity index (χ3n) is 3.98. The minimum atomic E-state index is -0.435. The first kappa shape index (κ1) is 12.7. The number of hydrogen-bond acceptors (Lipinski definition) is 2. The highest BCUT2D eigenvalue weighted by molar-refractivity contribution is 5.77. The van der Waals surface area contributed by atoms with E-state index in [1.807, 2.05) is 0 Å². The highest BCUT2D eigenvalue weighted by Gasteiger charge is 2.40. The number of rotatable bonds is 2. The normalized spacial score (nSPS) is 17.9. The van der Waals surface area contributed by atoms with Gasteiger partial charge in [0.1, 0.15) is 5.82 Å². The van der Waals surface area contributed by atoms with Crippen LogP contribution >= 0.6 is 0 Å². The van der Waals surface area contributed by atoms with Crippen LogP contribution in [0.4, 0.5) is 0 Å². The van der Waals surface area contributed by atoms with Crippen molar-refractivity contribution in [3.05, 3.63) is 29.6 Å². The molecule has 1 aliphatic carbocycles. The fourth-order valence-electron chi connectivity index (χ4n) is 2.73. The van der Waals surface area contributed by atoms with E-state index in [1.165, 1.54) is 5.56 Å². The molecule has 0 radical (unpaired) electrons. The lowest BCUT2D eigenvalue weighted by Gasteiger charge is -2.17. The van der Waals surface area contributed by atoms with Crippen LogP contribution in [0, 0.1) is 0 Å². The Morgan fingerprint density at radius 2 is 2.00 bits per heavy atom. The number of hydrogen-bond donors (Lipinski definition) is 1. The first-order valence-corrected chi connectivity index (χ1v) is 6.97. The standard InChI is InChI=1S/C16H22N2O/c1-15(2,3)14-17-12-9-11(10-16(19)7-8-16)5-6-13(12)18(14)4/h5-6,9,19H,7-8,10H2,1-4H3. The topological polar surface area (TPSA) is 38.0 Å². The van der Waals surface area contributed by atoms with Gasteiger partial charge in [0.25, 0.3) is 0 Å². The molecule has 0 aliphatic heterocycles. The number of aryl methyl sites for hydroxylation is 1. The molecule has 1 aliphatic rings. The molecule has 3 nitrogen and oxygen atoms in total. The Balaban J connectivity index is 2.04.